The van der Waals surface area contributed by atoms with Crippen molar-refractivity contribution in [2.45, 2.75) is 34.2 Å². The van der Waals surface area contributed by atoms with Gasteiger partial charge in [0.25, 0.3) is 5.91 Å². The number of rotatable bonds is 6. The summed E-state index contributed by atoms with van der Waals surface area (Å²) >= 11 is 0. The van der Waals surface area contributed by atoms with Gasteiger partial charge in [-0.05, 0) is 33.3 Å². The molecular weight excluding hydrogens is 348 g/mol. The number of benzene rings is 1. The zero-order valence-electron chi connectivity index (χ0n) is 16.0. The molecule has 2 rings (SSSR count). The molecule has 1 heterocycles. The number of carbonyl (C=O) groups is 3. The summed E-state index contributed by atoms with van der Waals surface area (Å²) in [5, 5.41) is 8.89. The first kappa shape index (κ1) is 20.2. The Labute approximate surface area is 157 Å². The largest absolute Gasteiger partial charge is 0.452 e. The lowest BCUT2D eigenvalue weighted by atomic mass is 10.1. The Kier molecular flexibility index (Phi) is 6.70. The number of nitrogens with one attached hydrogen (secondary N) is 2. The van der Waals surface area contributed by atoms with Gasteiger partial charge in [-0.1, -0.05) is 29.8 Å². The van der Waals surface area contributed by atoms with E-state index in [1.54, 1.807) is 25.5 Å². The number of aromatic nitrogens is 2. The van der Waals surface area contributed by atoms with Gasteiger partial charge in [0.1, 0.15) is 5.56 Å². The summed E-state index contributed by atoms with van der Waals surface area (Å²) in [6.07, 6.45) is 0. The summed E-state index contributed by atoms with van der Waals surface area (Å²) in [4.78, 5) is 35.3. The molecule has 2 N–H and O–H groups in total. The smallest absolute Gasteiger partial charge is 0.342 e. The van der Waals surface area contributed by atoms with Gasteiger partial charge in [-0.25, -0.2) is 9.59 Å². The molecule has 8 heteroatoms. The monoisotopic (exact) mass is 372 g/mol. The van der Waals surface area contributed by atoms with Crippen molar-refractivity contribution in [3.63, 3.8) is 0 Å². The SMILES string of the molecule is CCNC(=O)NC(=O)COC(=O)c1c(C)nn(Cc2ccc(C)cc2)c1C. The minimum atomic E-state index is -0.698. The molecule has 0 saturated heterocycles. The first-order valence-electron chi connectivity index (χ1n) is 8.66. The summed E-state index contributed by atoms with van der Waals surface area (Å²) in [5.41, 5.74) is 3.73. The second-order valence-corrected chi connectivity index (χ2v) is 6.17. The predicted octanol–water partition coefficient (Wildman–Crippen LogP) is 1.86. The Balaban J connectivity index is 2.02. The van der Waals surface area contributed by atoms with Gasteiger partial charge >= 0.3 is 12.0 Å². The van der Waals surface area contributed by atoms with Gasteiger partial charge in [0.05, 0.1) is 17.9 Å². The molecule has 144 valence electrons. The molecule has 0 aliphatic rings. The first-order valence-corrected chi connectivity index (χ1v) is 8.66. The van der Waals surface area contributed by atoms with Crippen LogP contribution in [0.2, 0.25) is 0 Å². The van der Waals surface area contributed by atoms with E-state index in [4.69, 9.17) is 4.74 Å². The van der Waals surface area contributed by atoms with Gasteiger partial charge in [-0.15, -0.1) is 0 Å². The average molecular weight is 372 g/mol. The quantitative estimate of drug-likeness (QED) is 0.754. The Morgan fingerprint density at radius 3 is 2.41 bits per heavy atom. The van der Waals surface area contributed by atoms with Crippen LogP contribution >= 0.6 is 0 Å². The Morgan fingerprint density at radius 1 is 1.11 bits per heavy atom. The topological polar surface area (TPSA) is 102 Å². The molecule has 0 radical (unpaired) electrons. The summed E-state index contributed by atoms with van der Waals surface area (Å²) in [6, 6.07) is 7.43. The molecule has 0 atom stereocenters. The molecule has 8 nitrogen and oxygen atoms in total. The van der Waals surface area contributed by atoms with Gasteiger partial charge < -0.3 is 10.1 Å². The first-order chi connectivity index (χ1) is 12.8. The molecular formula is C19H24N4O4. The summed E-state index contributed by atoms with van der Waals surface area (Å²) in [7, 11) is 0. The van der Waals surface area contributed by atoms with E-state index in [9.17, 15) is 14.4 Å². The second kappa shape index (κ2) is 8.98. The summed E-state index contributed by atoms with van der Waals surface area (Å²) < 4.78 is 6.75. The van der Waals surface area contributed by atoms with E-state index in [1.807, 2.05) is 31.2 Å². The number of nitrogens with zero attached hydrogens (tertiary/aromatic N) is 2. The van der Waals surface area contributed by atoms with Crippen LogP contribution in [-0.4, -0.2) is 40.8 Å². The fourth-order valence-electron chi connectivity index (χ4n) is 2.58. The van der Waals surface area contributed by atoms with Gasteiger partial charge in [0.2, 0.25) is 0 Å². The van der Waals surface area contributed by atoms with Crippen molar-refractivity contribution in [2.75, 3.05) is 13.2 Å². The lowest BCUT2D eigenvalue weighted by Gasteiger charge is -2.07. The van der Waals surface area contributed by atoms with Crippen LogP contribution in [0.15, 0.2) is 24.3 Å². The van der Waals surface area contributed by atoms with Crippen LogP contribution in [0.25, 0.3) is 0 Å². The van der Waals surface area contributed by atoms with E-state index in [0.717, 1.165) is 5.56 Å². The van der Waals surface area contributed by atoms with Crippen molar-refractivity contribution < 1.29 is 19.1 Å². The molecule has 2 aromatic rings. The molecule has 27 heavy (non-hydrogen) atoms. The molecule has 0 spiro atoms. The third-order valence-electron chi connectivity index (χ3n) is 3.96. The van der Waals surface area contributed by atoms with Crippen molar-refractivity contribution in [2.24, 2.45) is 0 Å². The minimum absolute atomic E-state index is 0.327. The lowest BCUT2D eigenvalue weighted by molar-refractivity contribution is -0.123. The Bertz CT molecular complexity index is 840. The van der Waals surface area contributed by atoms with Crippen molar-refractivity contribution in [3.05, 3.63) is 52.3 Å². The van der Waals surface area contributed by atoms with Crippen molar-refractivity contribution in [1.29, 1.82) is 0 Å². The molecule has 0 fully saturated rings. The maximum atomic E-state index is 12.4. The molecule has 1 aromatic heterocycles. The molecule has 0 aliphatic carbocycles. The molecule has 3 amide bonds. The number of imide groups is 1. The zero-order chi connectivity index (χ0) is 20.0. The third-order valence-corrected chi connectivity index (χ3v) is 3.96. The fourth-order valence-corrected chi connectivity index (χ4v) is 2.58. The van der Waals surface area contributed by atoms with Crippen LogP contribution in [0, 0.1) is 20.8 Å². The van der Waals surface area contributed by atoms with E-state index in [0.29, 0.717) is 30.0 Å². The highest BCUT2D eigenvalue weighted by atomic mass is 16.5. The molecule has 1 aromatic carbocycles. The number of hydrogen-bond acceptors (Lipinski definition) is 5. The zero-order valence-corrected chi connectivity index (χ0v) is 16.0. The molecule has 0 aliphatic heterocycles. The number of ether oxygens (including phenoxy) is 1. The van der Waals surface area contributed by atoms with Crippen molar-refractivity contribution in [1.82, 2.24) is 20.4 Å². The van der Waals surface area contributed by atoms with E-state index >= 15 is 0 Å². The number of aryl methyl sites for hydroxylation is 2. The van der Waals surface area contributed by atoms with Gasteiger partial charge in [0.15, 0.2) is 6.61 Å². The highest BCUT2D eigenvalue weighted by molar-refractivity contribution is 5.97. The minimum Gasteiger partial charge on any atom is -0.452 e. The van der Waals surface area contributed by atoms with Crippen molar-refractivity contribution >= 4 is 17.9 Å². The number of carbonyl (C=O) groups excluding carboxylic acids is 3. The van der Waals surface area contributed by atoms with Crippen LogP contribution < -0.4 is 10.6 Å². The van der Waals surface area contributed by atoms with Crippen LogP contribution in [0.1, 0.15) is 39.8 Å². The number of hydrogen-bond donors (Lipinski definition) is 2. The standard InChI is InChI=1S/C19H24N4O4/c1-5-20-19(26)21-16(24)11-27-18(25)17-13(3)22-23(14(17)4)10-15-8-6-12(2)7-9-15/h6-9H,5,10-11H2,1-4H3,(H2,20,21,24,26). The lowest BCUT2D eigenvalue weighted by Crippen LogP contribution is -2.41. The summed E-state index contributed by atoms with van der Waals surface area (Å²) in [5.74, 6) is -1.34. The van der Waals surface area contributed by atoms with E-state index in [2.05, 4.69) is 15.7 Å². The van der Waals surface area contributed by atoms with Crippen LogP contribution in [-0.2, 0) is 16.1 Å². The maximum Gasteiger partial charge on any atom is 0.342 e. The number of amides is 3. The van der Waals surface area contributed by atoms with Crippen molar-refractivity contribution in [3.8, 4) is 0 Å². The average Bonchev–Trinajstić information content (AvgIpc) is 2.88. The van der Waals surface area contributed by atoms with E-state index in [1.165, 1.54) is 5.56 Å². The van der Waals surface area contributed by atoms with Gasteiger partial charge in [0, 0.05) is 6.54 Å². The number of esters is 1. The molecule has 0 bridgehead atoms. The van der Waals surface area contributed by atoms with E-state index < -0.39 is 24.5 Å². The Morgan fingerprint density at radius 2 is 1.78 bits per heavy atom. The maximum absolute atomic E-state index is 12.4. The van der Waals surface area contributed by atoms with Crippen LogP contribution in [0.5, 0.6) is 0 Å². The second-order valence-electron chi connectivity index (χ2n) is 6.17. The molecule has 0 unspecified atom stereocenters. The normalized spacial score (nSPS) is 10.4. The predicted molar refractivity (Wildman–Crippen MR) is 99.5 cm³/mol. The van der Waals surface area contributed by atoms with Crippen LogP contribution in [0.3, 0.4) is 0 Å². The van der Waals surface area contributed by atoms with Gasteiger partial charge in [-0.2, -0.15) is 5.10 Å². The summed E-state index contributed by atoms with van der Waals surface area (Å²) in [6.45, 7) is 7.60. The van der Waals surface area contributed by atoms with Gasteiger partial charge in [-0.3, -0.25) is 14.8 Å². The van der Waals surface area contributed by atoms with E-state index in [-0.39, 0.29) is 0 Å². The number of urea groups is 1. The fraction of sp³-hybridized carbons (Fsp3) is 0.368. The Hall–Kier alpha value is -3.16. The highest BCUT2D eigenvalue weighted by Gasteiger charge is 2.21. The highest BCUT2D eigenvalue weighted by Crippen LogP contribution is 2.16. The van der Waals surface area contributed by atoms with Crippen LogP contribution in [0.4, 0.5) is 4.79 Å². The molecule has 0 saturated carbocycles. The third kappa shape index (κ3) is 5.40.